The molecule has 1 N–H and O–H groups in total. The number of hydrogen-bond acceptors (Lipinski definition) is 6. The summed E-state index contributed by atoms with van der Waals surface area (Å²) in [4.78, 5) is 12.9. The van der Waals surface area contributed by atoms with Gasteiger partial charge in [0.25, 0.3) is 5.91 Å². The number of halogens is 2. The van der Waals surface area contributed by atoms with Crippen LogP contribution in [0.3, 0.4) is 0 Å². The number of rotatable bonds is 12. The second-order valence-electron chi connectivity index (χ2n) is 9.26. The van der Waals surface area contributed by atoms with Crippen molar-refractivity contribution in [2.45, 2.75) is 25.0 Å². The zero-order chi connectivity index (χ0) is 30.1. The topological polar surface area (TPSA) is 97.3 Å². The van der Waals surface area contributed by atoms with Crippen LogP contribution in [-0.2, 0) is 28.0 Å². The van der Waals surface area contributed by atoms with Crippen LogP contribution < -0.4 is 14.9 Å². The van der Waals surface area contributed by atoms with E-state index in [0.717, 1.165) is 15.4 Å². The Morgan fingerprint density at radius 3 is 2.29 bits per heavy atom. The number of carbonyl (C=O) groups is 1. The second kappa shape index (κ2) is 14.3. The molecular weight excluding hydrogens is 597 g/mol. The van der Waals surface area contributed by atoms with Crippen LogP contribution in [-0.4, -0.2) is 38.5 Å². The number of methoxy groups -OCH3 is 1. The maximum Gasteiger partial charge on any atom is 0.255 e. The molecule has 0 radical (unpaired) electrons. The highest BCUT2D eigenvalue weighted by molar-refractivity contribution is 7.89. The van der Waals surface area contributed by atoms with Gasteiger partial charge >= 0.3 is 0 Å². The van der Waals surface area contributed by atoms with E-state index in [1.54, 1.807) is 48.5 Å². The highest BCUT2D eigenvalue weighted by Crippen LogP contribution is 2.29. The number of aryl methyl sites for hydroxylation is 1. The number of benzene rings is 4. The monoisotopic (exact) mass is 625 g/mol. The molecule has 1 amide bonds. The van der Waals surface area contributed by atoms with E-state index in [9.17, 15) is 13.2 Å². The number of ether oxygens (including phenoxy) is 2. The lowest BCUT2D eigenvalue weighted by Gasteiger charge is -2.22. The normalized spacial score (nSPS) is 11.5. The predicted molar refractivity (Wildman–Crippen MR) is 165 cm³/mol. The van der Waals surface area contributed by atoms with E-state index in [-0.39, 0.29) is 21.5 Å². The van der Waals surface area contributed by atoms with Crippen LogP contribution in [0.1, 0.15) is 22.3 Å². The zero-order valence-electron chi connectivity index (χ0n) is 23.0. The average molecular weight is 627 g/mol. The van der Waals surface area contributed by atoms with Crippen molar-refractivity contribution in [3.63, 3.8) is 0 Å². The van der Waals surface area contributed by atoms with Crippen LogP contribution in [0.2, 0.25) is 10.0 Å². The van der Waals surface area contributed by atoms with Crippen molar-refractivity contribution < 1.29 is 22.7 Å². The van der Waals surface area contributed by atoms with Crippen molar-refractivity contribution in [2.75, 3.05) is 13.7 Å². The number of nitrogens with zero attached hydrogens (tertiary/aromatic N) is 2. The third kappa shape index (κ3) is 8.10. The van der Waals surface area contributed by atoms with Crippen LogP contribution in [0, 0.1) is 6.92 Å². The van der Waals surface area contributed by atoms with Gasteiger partial charge in [-0.25, -0.2) is 13.8 Å². The Kier molecular flexibility index (Phi) is 10.6. The van der Waals surface area contributed by atoms with Crippen LogP contribution in [0.15, 0.2) is 101 Å². The Hall–Kier alpha value is -3.89. The van der Waals surface area contributed by atoms with Crippen molar-refractivity contribution in [3.05, 3.63) is 123 Å². The van der Waals surface area contributed by atoms with Gasteiger partial charge in [0.1, 0.15) is 6.61 Å². The SMILES string of the molecule is COc1cc(/C=N\NC(=O)CN(Cc2c(Cl)cccc2Cl)S(=O)(=O)c2ccc(C)cc2)ccc1OCc1ccccc1. The Morgan fingerprint density at radius 2 is 1.62 bits per heavy atom. The first kappa shape index (κ1) is 31.1. The molecule has 8 nitrogen and oxygen atoms in total. The van der Waals surface area contributed by atoms with Gasteiger partial charge in [0.05, 0.1) is 24.8 Å². The molecule has 0 aromatic heterocycles. The Balaban J connectivity index is 1.47. The maximum atomic E-state index is 13.5. The quantitative estimate of drug-likeness (QED) is 0.149. The highest BCUT2D eigenvalue weighted by Gasteiger charge is 2.28. The van der Waals surface area contributed by atoms with Gasteiger partial charge in [0.15, 0.2) is 11.5 Å². The third-order valence-electron chi connectivity index (χ3n) is 6.20. The lowest BCUT2D eigenvalue weighted by atomic mass is 10.2. The number of carbonyl (C=O) groups excluding carboxylic acids is 1. The van der Waals surface area contributed by atoms with Crippen molar-refractivity contribution in [2.24, 2.45) is 5.10 Å². The lowest BCUT2D eigenvalue weighted by molar-refractivity contribution is -0.121. The molecule has 0 saturated heterocycles. The molecule has 0 atom stereocenters. The van der Waals surface area contributed by atoms with Crippen LogP contribution in [0.5, 0.6) is 11.5 Å². The third-order valence-corrected chi connectivity index (χ3v) is 8.72. The van der Waals surface area contributed by atoms with E-state index in [0.29, 0.717) is 29.2 Å². The number of hydrazone groups is 1. The lowest BCUT2D eigenvalue weighted by Crippen LogP contribution is -2.39. The molecule has 42 heavy (non-hydrogen) atoms. The molecule has 4 rings (SSSR count). The molecule has 218 valence electrons. The standard InChI is InChI=1S/C31H29Cl2N3O5S/c1-22-11-14-25(15-12-22)42(38,39)36(19-26-27(32)9-6-10-28(26)33)20-31(37)35-34-18-24-13-16-29(30(17-24)40-2)41-21-23-7-4-3-5-8-23/h3-18H,19-21H2,1-2H3,(H,35,37)/b34-18-. The minimum absolute atomic E-state index is 0.0363. The van der Waals surface area contributed by atoms with E-state index in [1.165, 1.54) is 25.5 Å². The van der Waals surface area contributed by atoms with Crippen LogP contribution in [0.4, 0.5) is 0 Å². The van der Waals surface area contributed by atoms with Gasteiger partial charge in [0, 0.05) is 22.2 Å². The van der Waals surface area contributed by atoms with Crippen LogP contribution >= 0.6 is 23.2 Å². The first-order chi connectivity index (χ1) is 20.2. The Morgan fingerprint density at radius 1 is 0.929 bits per heavy atom. The first-order valence-electron chi connectivity index (χ1n) is 12.8. The summed E-state index contributed by atoms with van der Waals surface area (Å²) in [6, 6.07) is 26.2. The minimum atomic E-state index is -4.09. The van der Waals surface area contributed by atoms with Gasteiger partial charge in [-0.3, -0.25) is 4.79 Å². The number of sulfonamides is 1. The van der Waals surface area contributed by atoms with Gasteiger partial charge in [-0.2, -0.15) is 9.41 Å². The van der Waals surface area contributed by atoms with E-state index < -0.39 is 22.5 Å². The van der Waals surface area contributed by atoms with Crippen molar-refractivity contribution in [1.82, 2.24) is 9.73 Å². The number of amides is 1. The average Bonchev–Trinajstić information content (AvgIpc) is 2.98. The predicted octanol–water partition coefficient (Wildman–Crippen LogP) is 6.23. The van der Waals surface area contributed by atoms with Gasteiger partial charge < -0.3 is 9.47 Å². The molecule has 0 aliphatic carbocycles. The Bertz CT molecular complexity index is 1640. The van der Waals surface area contributed by atoms with Crippen LogP contribution in [0.25, 0.3) is 0 Å². The summed E-state index contributed by atoms with van der Waals surface area (Å²) in [6.07, 6.45) is 1.42. The molecule has 4 aromatic carbocycles. The molecular formula is C31H29Cl2N3O5S. The van der Waals surface area contributed by atoms with Gasteiger partial charge in [-0.1, -0.05) is 77.3 Å². The largest absolute Gasteiger partial charge is 0.493 e. The molecule has 0 bridgehead atoms. The van der Waals surface area contributed by atoms with Gasteiger partial charge in [0.2, 0.25) is 10.0 Å². The molecule has 0 spiro atoms. The van der Waals surface area contributed by atoms with Crippen molar-refractivity contribution in [1.29, 1.82) is 0 Å². The molecule has 0 fully saturated rings. The highest BCUT2D eigenvalue weighted by atomic mass is 35.5. The number of nitrogens with one attached hydrogen (secondary N) is 1. The molecule has 0 unspecified atom stereocenters. The molecule has 0 heterocycles. The summed E-state index contributed by atoms with van der Waals surface area (Å²) in [5, 5.41) is 4.58. The Labute approximate surface area is 255 Å². The fourth-order valence-corrected chi connectivity index (χ4v) is 5.82. The molecule has 0 saturated carbocycles. The smallest absolute Gasteiger partial charge is 0.255 e. The van der Waals surface area contributed by atoms with E-state index in [4.69, 9.17) is 32.7 Å². The fourth-order valence-electron chi connectivity index (χ4n) is 3.94. The number of hydrogen-bond donors (Lipinski definition) is 1. The van der Waals surface area contributed by atoms with Gasteiger partial charge in [-0.15, -0.1) is 0 Å². The van der Waals surface area contributed by atoms with E-state index in [2.05, 4.69) is 10.5 Å². The summed E-state index contributed by atoms with van der Waals surface area (Å²) in [7, 11) is -2.56. The van der Waals surface area contributed by atoms with Crippen molar-refractivity contribution in [3.8, 4) is 11.5 Å². The van der Waals surface area contributed by atoms with E-state index in [1.807, 2.05) is 37.3 Å². The maximum absolute atomic E-state index is 13.5. The summed E-state index contributed by atoms with van der Waals surface area (Å²) in [6.45, 7) is 1.49. The van der Waals surface area contributed by atoms with Crippen molar-refractivity contribution >= 4 is 45.3 Å². The summed E-state index contributed by atoms with van der Waals surface area (Å²) < 4.78 is 39.4. The summed E-state index contributed by atoms with van der Waals surface area (Å²) in [5.74, 6) is 0.394. The van der Waals surface area contributed by atoms with Gasteiger partial charge in [-0.05, 0) is 60.5 Å². The summed E-state index contributed by atoms with van der Waals surface area (Å²) in [5.41, 5.74) is 5.32. The molecule has 0 aliphatic rings. The summed E-state index contributed by atoms with van der Waals surface area (Å²) >= 11 is 12.6. The molecule has 0 aliphatic heterocycles. The zero-order valence-corrected chi connectivity index (χ0v) is 25.3. The molecule has 4 aromatic rings. The second-order valence-corrected chi connectivity index (χ2v) is 12.0. The molecule has 11 heteroatoms. The first-order valence-corrected chi connectivity index (χ1v) is 15.0. The van der Waals surface area contributed by atoms with E-state index >= 15 is 0 Å². The fraction of sp³-hybridized carbons (Fsp3) is 0.161. The minimum Gasteiger partial charge on any atom is -0.493 e.